The summed E-state index contributed by atoms with van der Waals surface area (Å²) in [5.41, 5.74) is 1.18. The Morgan fingerprint density at radius 1 is 1.11 bits per heavy atom. The van der Waals surface area contributed by atoms with Crippen LogP contribution in [0.25, 0.3) is 0 Å². The van der Waals surface area contributed by atoms with Crippen molar-refractivity contribution in [2.45, 2.75) is 32.6 Å². The van der Waals surface area contributed by atoms with Gasteiger partial charge in [-0.2, -0.15) is 0 Å². The second-order valence-corrected chi connectivity index (χ2v) is 9.38. The fraction of sp³-hybridized carbons (Fsp3) is 0.632. The Bertz CT molecular complexity index is 730. The van der Waals surface area contributed by atoms with Gasteiger partial charge in [0.25, 0.3) is 0 Å². The molecule has 0 aliphatic carbocycles. The van der Waals surface area contributed by atoms with Gasteiger partial charge in [0.05, 0.1) is 5.75 Å². The van der Waals surface area contributed by atoms with Crippen molar-refractivity contribution in [3.05, 3.63) is 24.3 Å². The number of hydrogen-bond donors (Lipinski definition) is 2. The molecule has 1 aromatic carbocycles. The van der Waals surface area contributed by atoms with Crippen molar-refractivity contribution >= 4 is 27.4 Å². The zero-order valence-corrected chi connectivity index (χ0v) is 16.8. The minimum absolute atomic E-state index is 0.0850. The Labute approximate surface area is 162 Å². The number of likely N-dealkylation sites (tertiary alicyclic amines) is 2. The largest absolute Gasteiger partial charge is 0.324 e. The number of nitrogens with zero attached hydrogens (tertiary/aromatic N) is 2. The van der Waals surface area contributed by atoms with Crippen LogP contribution in [0.4, 0.5) is 16.2 Å². The van der Waals surface area contributed by atoms with Crippen LogP contribution >= 0.6 is 0 Å². The van der Waals surface area contributed by atoms with Crippen LogP contribution in [0.2, 0.25) is 0 Å². The average Bonchev–Trinajstić information content (AvgIpc) is 3.29. The minimum atomic E-state index is -3.30. The highest BCUT2D eigenvalue weighted by atomic mass is 32.2. The van der Waals surface area contributed by atoms with Gasteiger partial charge in [0.1, 0.15) is 0 Å². The Hall–Kier alpha value is -1.80. The van der Waals surface area contributed by atoms with Gasteiger partial charge in [-0.3, -0.25) is 4.72 Å². The van der Waals surface area contributed by atoms with Crippen molar-refractivity contribution in [1.82, 2.24) is 9.80 Å². The molecule has 8 heteroatoms. The van der Waals surface area contributed by atoms with E-state index in [0.29, 0.717) is 23.7 Å². The third-order valence-electron chi connectivity index (χ3n) is 5.17. The van der Waals surface area contributed by atoms with E-state index in [0.717, 1.165) is 26.1 Å². The van der Waals surface area contributed by atoms with Gasteiger partial charge < -0.3 is 15.1 Å². The highest BCUT2D eigenvalue weighted by Crippen LogP contribution is 2.21. The van der Waals surface area contributed by atoms with Gasteiger partial charge in [-0.1, -0.05) is 6.92 Å². The topological polar surface area (TPSA) is 81.8 Å². The Kier molecular flexibility index (Phi) is 6.59. The van der Waals surface area contributed by atoms with Gasteiger partial charge in [0.2, 0.25) is 10.0 Å². The lowest BCUT2D eigenvalue weighted by Crippen LogP contribution is -2.34. The molecule has 2 heterocycles. The number of anilines is 2. The molecule has 2 aliphatic heterocycles. The SMILES string of the molecule is CCCS(=O)(=O)Nc1ccc(NC(=O)N2CCC(CN3CCCC3)C2)cc1. The Morgan fingerprint density at radius 3 is 2.44 bits per heavy atom. The maximum absolute atomic E-state index is 12.5. The van der Waals surface area contributed by atoms with E-state index >= 15 is 0 Å². The lowest BCUT2D eigenvalue weighted by atomic mass is 10.1. The Morgan fingerprint density at radius 2 is 1.78 bits per heavy atom. The first kappa shape index (κ1) is 19.9. The molecule has 0 bridgehead atoms. The molecule has 0 spiro atoms. The highest BCUT2D eigenvalue weighted by Gasteiger charge is 2.28. The number of carbonyl (C=O) groups excluding carboxylic acids is 1. The zero-order chi connectivity index (χ0) is 19.3. The van der Waals surface area contributed by atoms with Crippen molar-refractivity contribution in [3.8, 4) is 0 Å². The number of sulfonamides is 1. The third kappa shape index (κ3) is 5.84. The molecular formula is C19H30N4O3S. The van der Waals surface area contributed by atoms with Gasteiger partial charge in [-0.05, 0) is 69.0 Å². The number of rotatable bonds is 7. The first-order chi connectivity index (χ1) is 12.9. The van der Waals surface area contributed by atoms with E-state index in [2.05, 4.69) is 14.9 Å². The monoisotopic (exact) mass is 394 g/mol. The van der Waals surface area contributed by atoms with Gasteiger partial charge in [-0.15, -0.1) is 0 Å². The molecule has 1 unspecified atom stereocenters. The van der Waals surface area contributed by atoms with Crippen LogP contribution in [0, 0.1) is 5.92 Å². The molecule has 1 atom stereocenters. The predicted octanol–water partition coefficient (Wildman–Crippen LogP) is 2.79. The standard InChI is InChI=1S/C19H30N4O3S/c1-2-13-27(25,26)21-18-7-5-17(6-8-18)20-19(24)23-12-9-16(15-23)14-22-10-3-4-11-22/h5-8,16,21H,2-4,9-15H2,1H3,(H,20,24). The third-order valence-corrected chi connectivity index (χ3v) is 6.66. The molecule has 2 saturated heterocycles. The van der Waals surface area contributed by atoms with Gasteiger partial charge >= 0.3 is 6.03 Å². The van der Waals surface area contributed by atoms with E-state index in [1.54, 1.807) is 24.3 Å². The first-order valence-electron chi connectivity index (χ1n) is 9.84. The smallest absolute Gasteiger partial charge is 0.321 e. The number of urea groups is 1. The number of carbonyl (C=O) groups is 1. The van der Waals surface area contributed by atoms with Crippen molar-refractivity contribution in [3.63, 3.8) is 0 Å². The highest BCUT2D eigenvalue weighted by molar-refractivity contribution is 7.92. The van der Waals surface area contributed by atoms with Crippen LogP contribution in [-0.4, -0.2) is 62.7 Å². The van der Waals surface area contributed by atoms with Crippen molar-refractivity contribution in [1.29, 1.82) is 0 Å². The number of nitrogens with one attached hydrogen (secondary N) is 2. The van der Waals surface area contributed by atoms with E-state index in [9.17, 15) is 13.2 Å². The fourth-order valence-electron chi connectivity index (χ4n) is 3.82. The summed E-state index contributed by atoms with van der Waals surface area (Å²) in [6.07, 6.45) is 4.21. The molecule has 2 amide bonds. The molecule has 2 N–H and O–H groups in total. The Balaban J connectivity index is 1.48. The summed E-state index contributed by atoms with van der Waals surface area (Å²) in [5, 5.41) is 2.91. The van der Waals surface area contributed by atoms with E-state index in [-0.39, 0.29) is 11.8 Å². The lowest BCUT2D eigenvalue weighted by Gasteiger charge is -2.21. The average molecular weight is 395 g/mol. The van der Waals surface area contributed by atoms with Crippen LogP contribution in [0.5, 0.6) is 0 Å². The molecule has 0 aromatic heterocycles. The summed E-state index contributed by atoms with van der Waals surface area (Å²) >= 11 is 0. The summed E-state index contributed by atoms with van der Waals surface area (Å²) in [6, 6.07) is 6.70. The normalized spacial score (nSPS) is 20.8. The van der Waals surface area contributed by atoms with E-state index in [1.807, 2.05) is 11.8 Å². The first-order valence-corrected chi connectivity index (χ1v) is 11.5. The molecule has 7 nitrogen and oxygen atoms in total. The number of amides is 2. The van der Waals surface area contributed by atoms with Crippen molar-refractivity contribution < 1.29 is 13.2 Å². The van der Waals surface area contributed by atoms with Gasteiger partial charge in [0.15, 0.2) is 0 Å². The molecule has 0 radical (unpaired) electrons. The predicted molar refractivity (Wildman–Crippen MR) is 109 cm³/mol. The van der Waals surface area contributed by atoms with E-state index in [1.165, 1.54) is 25.9 Å². The van der Waals surface area contributed by atoms with Crippen LogP contribution in [-0.2, 0) is 10.0 Å². The maximum atomic E-state index is 12.5. The summed E-state index contributed by atoms with van der Waals surface area (Å²) < 4.78 is 26.1. The number of hydrogen-bond acceptors (Lipinski definition) is 4. The van der Waals surface area contributed by atoms with E-state index in [4.69, 9.17) is 0 Å². The summed E-state index contributed by atoms with van der Waals surface area (Å²) in [6.45, 7) is 6.90. The second kappa shape index (κ2) is 8.93. The summed E-state index contributed by atoms with van der Waals surface area (Å²) in [7, 11) is -3.30. The van der Waals surface area contributed by atoms with E-state index < -0.39 is 10.0 Å². The summed E-state index contributed by atoms with van der Waals surface area (Å²) in [5.74, 6) is 0.656. The molecule has 2 aliphatic rings. The molecule has 27 heavy (non-hydrogen) atoms. The molecule has 150 valence electrons. The second-order valence-electron chi connectivity index (χ2n) is 7.54. The van der Waals surface area contributed by atoms with Gasteiger partial charge in [0, 0.05) is 31.0 Å². The number of benzene rings is 1. The van der Waals surface area contributed by atoms with Gasteiger partial charge in [-0.25, -0.2) is 13.2 Å². The summed E-state index contributed by atoms with van der Waals surface area (Å²) in [4.78, 5) is 16.9. The molecular weight excluding hydrogens is 364 g/mol. The molecule has 1 aromatic rings. The minimum Gasteiger partial charge on any atom is -0.324 e. The maximum Gasteiger partial charge on any atom is 0.321 e. The van der Waals surface area contributed by atoms with Crippen LogP contribution in [0.3, 0.4) is 0 Å². The van der Waals surface area contributed by atoms with Crippen molar-refractivity contribution in [2.24, 2.45) is 5.92 Å². The quantitative estimate of drug-likeness (QED) is 0.745. The lowest BCUT2D eigenvalue weighted by molar-refractivity contribution is 0.217. The van der Waals surface area contributed by atoms with Crippen LogP contribution < -0.4 is 10.0 Å². The molecule has 0 saturated carbocycles. The molecule has 2 fully saturated rings. The zero-order valence-electron chi connectivity index (χ0n) is 16.0. The van der Waals surface area contributed by atoms with Crippen LogP contribution in [0.1, 0.15) is 32.6 Å². The van der Waals surface area contributed by atoms with Crippen molar-refractivity contribution in [2.75, 3.05) is 48.5 Å². The molecule has 3 rings (SSSR count). The van der Waals surface area contributed by atoms with Crippen LogP contribution in [0.15, 0.2) is 24.3 Å². The fourth-order valence-corrected chi connectivity index (χ4v) is 4.95.